The van der Waals surface area contributed by atoms with Crippen LogP contribution in [0.5, 0.6) is 0 Å². The van der Waals surface area contributed by atoms with E-state index in [1.807, 2.05) is 12.1 Å². The van der Waals surface area contributed by atoms with Gasteiger partial charge in [0.05, 0.1) is 0 Å². The molecule has 1 aromatic carbocycles. The molecule has 0 amide bonds. The second-order valence-corrected chi connectivity index (χ2v) is 4.61. The van der Waals surface area contributed by atoms with Crippen molar-refractivity contribution in [3.8, 4) is 0 Å². The second-order valence-electron chi connectivity index (χ2n) is 4.61. The summed E-state index contributed by atoms with van der Waals surface area (Å²) < 4.78 is 6.12. The minimum Gasteiger partial charge on any atom is -0.366 e. The molecule has 0 aromatic heterocycles. The van der Waals surface area contributed by atoms with Crippen LogP contribution in [0.25, 0.3) is 0 Å². The zero-order valence-electron chi connectivity index (χ0n) is 10.5. The fourth-order valence-corrected chi connectivity index (χ4v) is 2.34. The van der Waals surface area contributed by atoms with Crippen LogP contribution in [0.3, 0.4) is 0 Å². The van der Waals surface area contributed by atoms with Gasteiger partial charge in [-0.3, -0.25) is 0 Å². The minimum absolute atomic E-state index is 0.344. The predicted molar refractivity (Wildman–Crippen MR) is 71.9 cm³/mol. The highest BCUT2D eigenvalue weighted by atomic mass is 16.5. The summed E-state index contributed by atoms with van der Waals surface area (Å²) >= 11 is 0. The largest absolute Gasteiger partial charge is 0.366 e. The molecule has 1 heteroatoms. The van der Waals surface area contributed by atoms with E-state index in [9.17, 15) is 0 Å². The molecule has 1 aromatic rings. The lowest BCUT2D eigenvalue weighted by atomic mass is 9.86. The Bertz CT molecular complexity index is 405. The Morgan fingerprint density at radius 1 is 1.24 bits per heavy atom. The lowest BCUT2D eigenvalue weighted by Gasteiger charge is -2.33. The van der Waals surface area contributed by atoms with Crippen molar-refractivity contribution in [2.24, 2.45) is 0 Å². The van der Waals surface area contributed by atoms with Crippen LogP contribution in [-0.4, -0.2) is 6.61 Å². The number of allylic oxidation sites excluding steroid dienone is 1. The maximum Gasteiger partial charge on any atom is 0.115 e. The fraction of sp³-hybridized carbons (Fsp3) is 0.375. The summed E-state index contributed by atoms with van der Waals surface area (Å²) in [6.45, 7) is 6.89. The Morgan fingerprint density at radius 3 is 2.71 bits per heavy atom. The molecule has 2 rings (SSSR count). The molecule has 0 saturated carbocycles. The van der Waals surface area contributed by atoms with Gasteiger partial charge in [-0.15, -0.1) is 0 Å². The topological polar surface area (TPSA) is 9.23 Å². The van der Waals surface area contributed by atoms with Gasteiger partial charge in [-0.05, 0) is 37.3 Å². The summed E-state index contributed by atoms with van der Waals surface area (Å²) in [4.78, 5) is 0. The van der Waals surface area contributed by atoms with Crippen LogP contribution in [0.2, 0.25) is 0 Å². The van der Waals surface area contributed by atoms with Crippen LogP contribution in [-0.2, 0) is 10.3 Å². The first kappa shape index (κ1) is 12.1. The maximum absolute atomic E-state index is 6.12. The quantitative estimate of drug-likeness (QED) is 0.736. The maximum atomic E-state index is 6.12. The van der Waals surface area contributed by atoms with E-state index < -0.39 is 0 Å². The first-order valence-corrected chi connectivity index (χ1v) is 6.30. The Balaban J connectivity index is 2.42. The van der Waals surface area contributed by atoms with E-state index in [1.165, 1.54) is 17.6 Å². The smallest absolute Gasteiger partial charge is 0.115 e. The number of hydrogen-bond acceptors (Lipinski definition) is 1. The van der Waals surface area contributed by atoms with Gasteiger partial charge in [0, 0.05) is 6.61 Å². The summed E-state index contributed by atoms with van der Waals surface area (Å²) in [5, 5.41) is 0. The van der Waals surface area contributed by atoms with E-state index in [1.54, 1.807) is 0 Å². The van der Waals surface area contributed by atoms with Crippen molar-refractivity contribution in [2.45, 2.75) is 31.8 Å². The molecule has 1 aliphatic rings. The number of rotatable bonds is 2. The SMILES string of the molecule is C=C/C1=C/CCCCOC1(C)c1ccccc1. The van der Waals surface area contributed by atoms with Crippen molar-refractivity contribution in [1.29, 1.82) is 0 Å². The molecular formula is C16H20O. The lowest BCUT2D eigenvalue weighted by Crippen LogP contribution is -2.29. The van der Waals surface area contributed by atoms with Gasteiger partial charge in [-0.2, -0.15) is 0 Å². The Morgan fingerprint density at radius 2 is 2.00 bits per heavy atom. The molecule has 0 fully saturated rings. The van der Waals surface area contributed by atoms with Crippen LogP contribution in [0.1, 0.15) is 31.7 Å². The average molecular weight is 228 g/mol. The molecule has 0 bridgehead atoms. The van der Waals surface area contributed by atoms with Gasteiger partial charge >= 0.3 is 0 Å². The van der Waals surface area contributed by atoms with Gasteiger partial charge in [-0.1, -0.05) is 49.1 Å². The Kier molecular flexibility index (Phi) is 3.80. The van der Waals surface area contributed by atoms with Crippen LogP contribution in [0.4, 0.5) is 0 Å². The van der Waals surface area contributed by atoms with E-state index in [0.29, 0.717) is 0 Å². The third-order valence-corrected chi connectivity index (χ3v) is 3.45. The van der Waals surface area contributed by atoms with Crippen molar-refractivity contribution < 1.29 is 4.74 Å². The highest BCUT2D eigenvalue weighted by molar-refractivity contribution is 5.37. The molecule has 1 unspecified atom stereocenters. The zero-order valence-corrected chi connectivity index (χ0v) is 10.5. The van der Waals surface area contributed by atoms with E-state index in [0.717, 1.165) is 19.4 Å². The van der Waals surface area contributed by atoms with E-state index >= 15 is 0 Å². The zero-order chi connectivity index (χ0) is 12.1. The predicted octanol–water partition coefficient (Wildman–Crippen LogP) is 4.21. The van der Waals surface area contributed by atoms with Crippen molar-refractivity contribution in [3.05, 3.63) is 60.2 Å². The first-order valence-electron chi connectivity index (χ1n) is 6.30. The fourth-order valence-electron chi connectivity index (χ4n) is 2.34. The normalized spacial score (nSPS) is 28.6. The molecule has 1 atom stereocenters. The summed E-state index contributed by atoms with van der Waals surface area (Å²) in [6.07, 6.45) is 7.64. The van der Waals surface area contributed by atoms with Crippen LogP contribution >= 0.6 is 0 Å². The van der Waals surface area contributed by atoms with Gasteiger partial charge in [0.1, 0.15) is 5.60 Å². The van der Waals surface area contributed by atoms with Gasteiger partial charge in [0.25, 0.3) is 0 Å². The first-order chi connectivity index (χ1) is 8.27. The molecule has 1 heterocycles. The molecule has 1 nitrogen and oxygen atoms in total. The molecule has 1 aliphatic heterocycles. The van der Waals surface area contributed by atoms with Crippen molar-refractivity contribution in [2.75, 3.05) is 6.61 Å². The van der Waals surface area contributed by atoms with Crippen molar-refractivity contribution in [3.63, 3.8) is 0 Å². The summed E-state index contributed by atoms with van der Waals surface area (Å²) in [5.41, 5.74) is 2.04. The Labute approximate surface area is 104 Å². The molecule has 17 heavy (non-hydrogen) atoms. The molecule has 0 N–H and O–H groups in total. The van der Waals surface area contributed by atoms with Crippen LogP contribution in [0, 0.1) is 0 Å². The van der Waals surface area contributed by atoms with Gasteiger partial charge < -0.3 is 4.74 Å². The molecular weight excluding hydrogens is 208 g/mol. The molecule has 0 saturated heterocycles. The third-order valence-electron chi connectivity index (χ3n) is 3.45. The van der Waals surface area contributed by atoms with E-state index in [2.05, 4.69) is 43.8 Å². The van der Waals surface area contributed by atoms with Crippen molar-refractivity contribution in [1.82, 2.24) is 0 Å². The summed E-state index contributed by atoms with van der Waals surface area (Å²) in [6, 6.07) is 10.4. The number of ether oxygens (including phenoxy) is 1. The standard InChI is InChI=1S/C16H20O/c1-3-14-10-8-5-9-13-17-16(14,2)15-11-6-4-7-12-15/h3-4,6-7,10-12H,1,5,8-9,13H2,2H3/b14-10-. The second kappa shape index (κ2) is 5.33. The van der Waals surface area contributed by atoms with Crippen LogP contribution < -0.4 is 0 Å². The minimum atomic E-state index is -0.344. The summed E-state index contributed by atoms with van der Waals surface area (Å²) in [5.74, 6) is 0. The van der Waals surface area contributed by atoms with Crippen LogP contribution in [0.15, 0.2) is 54.6 Å². The number of benzene rings is 1. The Hall–Kier alpha value is -1.34. The van der Waals surface area contributed by atoms with Crippen molar-refractivity contribution >= 4 is 0 Å². The molecule has 90 valence electrons. The highest BCUT2D eigenvalue weighted by Crippen LogP contribution is 2.35. The van der Waals surface area contributed by atoms with Gasteiger partial charge in [-0.25, -0.2) is 0 Å². The third kappa shape index (κ3) is 2.50. The number of hydrogen-bond donors (Lipinski definition) is 0. The molecule has 0 spiro atoms. The molecule has 0 aliphatic carbocycles. The molecule has 0 radical (unpaired) electrons. The monoisotopic (exact) mass is 228 g/mol. The van der Waals surface area contributed by atoms with E-state index in [-0.39, 0.29) is 5.60 Å². The average Bonchev–Trinajstić information content (AvgIpc) is 2.36. The van der Waals surface area contributed by atoms with Gasteiger partial charge in [0.15, 0.2) is 0 Å². The van der Waals surface area contributed by atoms with Gasteiger partial charge in [0.2, 0.25) is 0 Å². The van der Waals surface area contributed by atoms with E-state index in [4.69, 9.17) is 4.74 Å². The highest BCUT2D eigenvalue weighted by Gasteiger charge is 2.30. The lowest BCUT2D eigenvalue weighted by molar-refractivity contribution is -0.00878. The summed E-state index contributed by atoms with van der Waals surface area (Å²) in [7, 11) is 0.